The van der Waals surface area contributed by atoms with E-state index in [9.17, 15) is 9.59 Å². The Kier molecular flexibility index (Phi) is 4.49. The van der Waals surface area contributed by atoms with Gasteiger partial charge in [-0.3, -0.25) is 14.7 Å². The summed E-state index contributed by atoms with van der Waals surface area (Å²) in [5.41, 5.74) is 4.27. The predicted molar refractivity (Wildman–Crippen MR) is 98.6 cm³/mol. The molecule has 2 amide bonds. The van der Waals surface area contributed by atoms with Gasteiger partial charge >= 0.3 is 0 Å². The molecule has 0 radical (unpaired) electrons. The number of fused-ring (bicyclic) bond motifs is 1. The van der Waals surface area contributed by atoms with Crippen LogP contribution in [0.3, 0.4) is 0 Å². The zero-order valence-corrected chi connectivity index (χ0v) is 15.1. The summed E-state index contributed by atoms with van der Waals surface area (Å²) in [6, 6.07) is 9.55. The molecule has 1 atom stereocenters. The highest BCUT2D eigenvalue weighted by molar-refractivity contribution is 6.09. The van der Waals surface area contributed by atoms with E-state index in [1.807, 2.05) is 30.3 Å². The number of benzene rings is 1. The van der Waals surface area contributed by atoms with E-state index < -0.39 is 5.92 Å². The maximum atomic E-state index is 12.9. The second-order valence-corrected chi connectivity index (χ2v) is 7.20. The quantitative estimate of drug-likeness (QED) is 0.859. The van der Waals surface area contributed by atoms with Crippen LogP contribution in [-0.2, 0) is 29.0 Å². The van der Waals surface area contributed by atoms with Gasteiger partial charge in [-0.2, -0.15) is 5.10 Å². The third-order valence-corrected chi connectivity index (χ3v) is 5.48. The third-order valence-electron chi connectivity index (χ3n) is 5.48. The van der Waals surface area contributed by atoms with Crippen molar-refractivity contribution in [3.8, 4) is 0 Å². The van der Waals surface area contributed by atoms with E-state index in [4.69, 9.17) is 0 Å². The first-order valence-corrected chi connectivity index (χ1v) is 9.31. The molecule has 1 aliphatic carbocycles. The number of carbonyl (C=O) groups excluding carboxylic acids is 2. The van der Waals surface area contributed by atoms with Crippen molar-refractivity contribution in [2.45, 2.75) is 38.6 Å². The first kappa shape index (κ1) is 16.8. The van der Waals surface area contributed by atoms with Gasteiger partial charge in [0, 0.05) is 25.0 Å². The van der Waals surface area contributed by atoms with Gasteiger partial charge in [0.1, 0.15) is 5.92 Å². The fourth-order valence-corrected chi connectivity index (χ4v) is 4.02. The number of hydrogen-bond acceptors (Lipinski definition) is 3. The number of para-hydroxylation sites is 1. The summed E-state index contributed by atoms with van der Waals surface area (Å²) < 4.78 is 0. The average molecular weight is 352 g/mol. The lowest BCUT2D eigenvalue weighted by Crippen LogP contribution is -2.38. The molecule has 0 saturated carbocycles. The molecule has 1 aromatic heterocycles. The Hall–Kier alpha value is -2.63. The number of nitrogens with one attached hydrogen (secondary N) is 1. The Labute approximate surface area is 153 Å². The summed E-state index contributed by atoms with van der Waals surface area (Å²) >= 11 is 0. The lowest BCUT2D eigenvalue weighted by Gasteiger charge is -2.21. The maximum absolute atomic E-state index is 12.9. The summed E-state index contributed by atoms with van der Waals surface area (Å²) in [7, 11) is 1.77. The number of anilines is 1. The van der Waals surface area contributed by atoms with Crippen molar-refractivity contribution in [3.63, 3.8) is 0 Å². The predicted octanol–water partition coefficient (Wildman–Crippen LogP) is 2.30. The molecule has 1 N–H and O–H groups in total. The van der Waals surface area contributed by atoms with Gasteiger partial charge in [-0.15, -0.1) is 0 Å². The minimum absolute atomic E-state index is 0.0999. The largest absolute Gasteiger partial charge is 0.339 e. The number of aryl methyl sites for hydroxylation is 1. The Bertz CT molecular complexity index is 814. The van der Waals surface area contributed by atoms with E-state index in [1.54, 1.807) is 16.8 Å². The standard InChI is InChI=1S/C20H24N4O2/c1-23(13-18-15-9-5-6-10-17(15)21-22-18)19(25)16-11-12-24(20(16)26)14-7-3-2-4-8-14/h2-4,7-8,16H,5-6,9-13H2,1H3,(H,21,22). The molecular formula is C20H24N4O2. The van der Waals surface area contributed by atoms with Gasteiger partial charge < -0.3 is 9.80 Å². The van der Waals surface area contributed by atoms with Crippen LogP contribution >= 0.6 is 0 Å². The van der Waals surface area contributed by atoms with Gasteiger partial charge in [0.05, 0.1) is 12.2 Å². The van der Waals surface area contributed by atoms with Gasteiger partial charge in [-0.25, -0.2) is 0 Å². The summed E-state index contributed by atoms with van der Waals surface area (Å²) in [4.78, 5) is 29.0. The van der Waals surface area contributed by atoms with Gasteiger partial charge in [-0.1, -0.05) is 18.2 Å². The Morgan fingerprint density at radius 2 is 2.04 bits per heavy atom. The number of aromatic nitrogens is 2. The van der Waals surface area contributed by atoms with Crippen molar-refractivity contribution in [3.05, 3.63) is 47.3 Å². The minimum atomic E-state index is -0.588. The molecule has 1 fully saturated rings. The SMILES string of the molecule is CN(Cc1n[nH]c2c1CCCC2)C(=O)C1CCN(c2ccccc2)C1=O. The highest BCUT2D eigenvalue weighted by atomic mass is 16.2. The number of amides is 2. The molecule has 2 aromatic rings. The molecule has 6 heteroatoms. The fourth-order valence-electron chi connectivity index (χ4n) is 4.02. The van der Waals surface area contributed by atoms with Crippen molar-refractivity contribution in [1.29, 1.82) is 0 Å². The molecule has 1 aromatic carbocycles. The molecule has 2 aliphatic rings. The summed E-state index contributed by atoms with van der Waals surface area (Å²) in [5, 5.41) is 7.53. The molecule has 136 valence electrons. The Balaban J connectivity index is 1.44. The minimum Gasteiger partial charge on any atom is -0.339 e. The molecule has 6 nitrogen and oxygen atoms in total. The number of aromatic amines is 1. The van der Waals surface area contributed by atoms with Crippen molar-refractivity contribution < 1.29 is 9.59 Å². The van der Waals surface area contributed by atoms with Crippen molar-refractivity contribution in [2.75, 3.05) is 18.5 Å². The number of carbonyl (C=O) groups is 2. The van der Waals surface area contributed by atoms with E-state index in [-0.39, 0.29) is 11.8 Å². The maximum Gasteiger partial charge on any atom is 0.239 e. The molecule has 1 aliphatic heterocycles. The molecule has 4 rings (SSSR count). The Morgan fingerprint density at radius 1 is 1.27 bits per heavy atom. The summed E-state index contributed by atoms with van der Waals surface area (Å²) in [6.45, 7) is 1.05. The lowest BCUT2D eigenvalue weighted by atomic mass is 9.95. The first-order chi connectivity index (χ1) is 12.6. The van der Waals surface area contributed by atoms with Crippen LogP contribution in [0.25, 0.3) is 0 Å². The molecule has 0 spiro atoms. The normalized spacial score (nSPS) is 19.5. The molecule has 1 saturated heterocycles. The monoisotopic (exact) mass is 352 g/mol. The van der Waals surface area contributed by atoms with Crippen LogP contribution in [0.1, 0.15) is 36.2 Å². The molecule has 26 heavy (non-hydrogen) atoms. The molecule has 2 heterocycles. The summed E-state index contributed by atoms with van der Waals surface area (Å²) in [6.07, 6.45) is 4.98. The van der Waals surface area contributed by atoms with Crippen LogP contribution < -0.4 is 4.90 Å². The van der Waals surface area contributed by atoms with E-state index in [1.165, 1.54) is 24.1 Å². The number of nitrogens with zero attached hydrogens (tertiary/aromatic N) is 3. The first-order valence-electron chi connectivity index (χ1n) is 9.31. The fraction of sp³-hybridized carbons (Fsp3) is 0.450. The second kappa shape index (κ2) is 6.94. The van der Waals surface area contributed by atoms with Gasteiger partial charge in [-0.05, 0) is 49.8 Å². The van der Waals surface area contributed by atoms with Crippen molar-refractivity contribution >= 4 is 17.5 Å². The van der Waals surface area contributed by atoms with E-state index >= 15 is 0 Å². The highest BCUT2D eigenvalue weighted by Gasteiger charge is 2.39. The van der Waals surface area contributed by atoms with Crippen LogP contribution in [0.4, 0.5) is 5.69 Å². The zero-order chi connectivity index (χ0) is 18.1. The van der Waals surface area contributed by atoms with Crippen LogP contribution in [0.5, 0.6) is 0 Å². The van der Waals surface area contributed by atoms with Gasteiger partial charge in [0.25, 0.3) is 0 Å². The Morgan fingerprint density at radius 3 is 2.85 bits per heavy atom. The van der Waals surface area contributed by atoms with E-state index in [0.717, 1.165) is 24.2 Å². The highest BCUT2D eigenvalue weighted by Crippen LogP contribution is 2.27. The molecular weight excluding hydrogens is 328 g/mol. The zero-order valence-electron chi connectivity index (χ0n) is 15.1. The third kappa shape index (κ3) is 3.00. The van der Waals surface area contributed by atoms with Crippen molar-refractivity contribution in [2.24, 2.45) is 5.92 Å². The smallest absolute Gasteiger partial charge is 0.239 e. The van der Waals surface area contributed by atoms with Gasteiger partial charge in [0.15, 0.2) is 0 Å². The number of hydrogen-bond donors (Lipinski definition) is 1. The van der Waals surface area contributed by atoms with E-state index in [2.05, 4.69) is 10.2 Å². The van der Waals surface area contributed by atoms with Crippen LogP contribution in [0, 0.1) is 5.92 Å². The van der Waals surface area contributed by atoms with Crippen molar-refractivity contribution in [1.82, 2.24) is 15.1 Å². The number of H-pyrrole nitrogens is 1. The average Bonchev–Trinajstić information content (AvgIpc) is 3.26. The lowest BCUT2D eigenvalue weighted by molar-refractivity contribution is -0.139. The van der Waals surface area contributed by atoms with Crippen LogP contribution in [-0.4, -0.2) is 40.5 Å². The van der Waals surface area contributed by atoms with E-state index in [0.29, 0.717) is 19.5 Å². The molecule has 1 unspecified atom stereocenters. The molecule has 0 bridgehead atoms. The van der Waals surface area contributed by atoms with Gasteiger partial charge in [0.2, 0.25) is 11.8 Å². The number of rotatable bonds is 4. The van der Waals surface area contributed by atoms with Crippen LogP contribution in [0.2, 0.25) is 0 Å². The van der Waals surface area contributed by atoms with Crippen LogP contribution in [0.15, 0.2) is 30.3 Å². The second-order valence-electron chi connectivity index (χ2n) is 7.20. The summed E-state index contributed by atoms with van der Waals surface area (Å²) in [5.74, 6) is -0.798. The topological polar surface area (TPSA) is 69.3 Å².